The molecule has 2 aromatic heterocycles. The number of ether oxygens (including phenoxy) is 1. The SMILES string of the molecule is COc1ccc2c(ccc(/C=C/c3cn(C(C)=O)c4ccccc34)[n+]2CCN)c1. The molecule has 0 fully saturated rings. The molecule has 2 aromatic carbocycles. The van der Waals surface area contributed by atoms with Gasteiger partial charge in [0.25, 0.3) is 0 Å². The van der Waals surface area contributed by atoms with E-state index in [1.807, 2.05) is 42.6 Å². The van der Waals surface area contributed by atoms with Crippen molar-refractivity contribution in [1.29, 1.82) is 0 Å². The molecule has 0 aliphatic carbocycles. The van der Waals surface area contributed by atoms with Gasteiger partial charge in [0.15, 0.2) is 6.54 Å². The Balaban J connectivity index is 1.82. The van der Waals surface area contributed by atoms with Crippen molar-refractivity contribution in [3.8, 4) is 5.75 Å². The number of fused-ring (bicyclic) bond motifs is 2. The lowest BCUT2D eigenvalue weighted by molar-refractivity contribution is -0.670. The zero-order valence-electron chi connectivity index (χ0n) is 16.6. The minimum Gasteiger partial charge on any atom is -0.497 e. The Kier molecular flexibility index (Phi) is 5.14. The quantitative estimate of drug-likeness (QED) is 0.530. The summed E-state index contributed by atoms with van der Waals surface area (Å²) in [5.74, 6) is 0.829. The first-order valence-electron chi connectivity index (χ1n) is 9.62. The highest BCUT2D eigenvalue weighted by atomic mass is 16.5. The molecule has 5 nitrogen and oxygen atoms in total. The number of pyridine rings is 1. The van der Waals surface area contributed by atoms with Gasteiger partial charge in [0.1, 0.15) is 5.75 Å². The maximum absolute atomic E-state index is 12.0. The summed E-state index contributed by atoms with van der Waals surface area (Å²) in [6.45, 7) is 2.82. The molecule has 0 radical (unpaired) electrons. The summed E-state index contributed by atoms with van der Waals surface area (Å²) >= 11 is 0. The van der Waals surface area contributed by atoms with Gasteiger partial charge in [0, 0.05) is 42.3 Å². The molecule has 2 N–H and O–H groups in total. The van der Waals surface area contributed by atoms with Crippen LogP contribution in [0.3, 0.4) is 0 Å². The van der Waals surface area contributed by atoms with Gasteiger partial charge in [-0.1, -0.05) is 18.2 Å². The van der Waals surface area contributed by atoms with Crippen molar-refractivity contribution in [1.82, 2.24) is 4.57 Å². The van der Waals surface area contributed by atoms with E-state index in [0.29, 0.717) is 13.1 Å². The first-order valence-corrected chi connectivity index (χ1v) is 9.62. The molecule has 0 bridgehead atoms. The second kappa shape index (κ2) is 7.89. The molecule has 4 aromatic rings. The standard InChI is InChI=1S/C24H24N3O2/c1-17(28)27-16-19(22-5-3-4-6-24(22)27)8-10-20-9-7-18-15-21(29-2)11-12-23(18)26(20)14-13-25/h3-12,15-16H,13-14,25H2,1-2H3/q+1. The molecule has 4 rings (SSSR count). The van der Waals surface area contributed by atoms with Crippen molar-refractivity contribution in [3.05, 3.63) is 72.1 Å². The number of rotatable bonds is 5. The van der Waals surface area contributed by atoms with Gasteiger partial charge in [0.2, 0.25) is 17.1 Å². The van der Waals surface area contributed by atoms with E-state index >= 15 is 0 Å². The summed E-state index contributed by atoms with van der Waals surface area (Å²) in [7, 11) is 1.67. The fraction of sp³-hybridized carbons (Fsp3) is 0.167. The van der Waals surface area contributed by atoms with Gasteiger partial charge in [0.05, 0.1) is 24.6 Å². The molecule has 5 heteroatoms. The zero-order valence-corrected chi connectivity index (χ0v) is 16.6. The maximum atomic E-state index is 12.0. The summed E-state index contributed by atoms with van der Waals surface area (Å²) < 4.78 is 9.24. The number of hydrogen-bond donors (Lipinski definition) is 1. The van der Waals surface area contributed by atoms with E-state index in [1.54, 1.807) is 18.6 Å². The van der Waals surface area contributed by atoms with E-state index in [-0.39, 0.29) is 5.91 Å². The van der Waals surface area contributed by atoms with Crippen LogP contribution in [0.5, 0.6) is 5.75 Å². The molecular formula is C24H24N3O2+. The van der Waals surface area contributed by atoms with E-state index in [2.05, 4.69) is 34.9 Å². The Hall–Kier alpha value is -3.44. The number of para-hydroxylation sites is 1. The lowest BCUT2D eigenvalue weighted by atomic mass is 10.1. The summed E-state index contributed by atoms with van der Waals surface area (Å²) in [6, 6.07) is 18.1. The van der Waals surface area contributed by atoms with Crippen molar-refractivity contribution in [2.45, 2.75) is 13.5 Å². The predicted molar refractivity (Wildman–Crippen MR) is 117 cm³/mol. The first-order chi connectivity index (χ1) is 14.1. The Bertz CT molecular complexity index is 1240. The molecule has 0 aliphatic rings. The third-order valence-electron chi connectivity index (χ3n) is 5.14. The van der Waals surface area contributed by atoms with Gasteiger partial charge in [-0.3, -0.25) is 9.36 Å². The van der Waals surface area contributed by atoms with E-state index in [0.717, 1.165) is 38.8 Å². The van der Waals surface area contributed by atoms with Crippen LogP contribution in [-0.2, 0) is 6.54 Å². The minimum atomic E-state index is -0.00121. The zero-order chi connectivity index (χ0) is 20.4. The van der Waals surface area contributed by atoms with Crippen molar-refractivity contribution >= 4 is 39.9 Å². The van der Waals surface area contributed by atoms with Crippen molar-refractivity contribution in [3.63, 3.8) is 0 Å². The topological polar surface area (TPSA) is 61.1 Å². The van der Waals surface area contributed by atoms with Crippen LogP contribution < -0.4 is 15.0 Å². The minimum absolute atomic E-state index is 0.00121. The van der Waals surface area contributed by atoms with E-state index in [4.69, 9.17) is 10.5 Å². The molecule has 0 atom stereocenters. The molecule has 2 heterocycles. The molecule has 0 unspecified atom stereocenters. The van der Waals surface area contributed by atoms with Gasteiger partial charge in [-0.05, 0) is 30.3 Å². The highest BCUT2D eigenvalue weighted by molar-refractivity contribution is 5.98. The van der Waals surface area contributed by atoms with E-state index in [9.17, 15) is 4.79 Å². The molecule has 29 heavy (non-hydrogen) atoms. The monoisotopic (exact) mass is 386 g/mol. The Morgan fingerprint density at radius 2 is 1.97 bits per heavy atom. The lowest BCUT2D eigenvalue weighted by Gasteiger charge is -2.06. The van der Waals surface area contributed by atoms with Crippen LogP contribution >= 0.6 is 0 Å². The fourth-order valence-electron chi connectivity index (χ4n) is 3.74. The number of aromatic nitrogens is 2. The van der Waals surface area contributed by atoms with E-state index in [1.165, 1.54) is 0 Å². The van der Waals surface area contributed by atoms with Gasteiger partial charge < -0.3 is 10.5 Å². The first kappa shape index (κ1) is 18.9. The van der Waals surface area contributed by atoms with Gasteiger partial charge >= 0.3 is 0 Å². The summed E-state index contributed by atoms with van der Waals surface area (Å²) in [5, 5.41) is 2.15. The molecule has 0 amide bonds. The number of hydrogen-bond acceptors (Lipinski definition) is 3. The largest absolute Gasteiger partial charge is 0.497 e. The summed E-state index contributed by atoms with van der Waals surface area (Å²) in [6.07, 6.45) is 6.02. The van der Waals surface area contributed by atoms with Crippen LogP contribution in [0.4, 0.5) is 0 Å². The normalized spacial score (nSPS) is 11.6. The Morgan fingerprint density at radius 1 is 1.14 bits per heavy atom. The van der Waals surface area contributed by atoms with E-state index < -0.39 is 0 Å². The third kappa shape index (κ3) is 3.52. The van der Waals surface area contributed by atoms with Crippen LogP contribution in [-0.4, -0.2) is 24.1 Å². The van der Waals surface area contributed by atoms with Crippen LogP contribution in [0.2, 0.25) is 0 Å². The van der Waals surface area contributed by atoms with Gasteiger partial charge in [-0.15, -0.1) is 0 Å². The number of benzene rings is 2. The van der Waals surface area contributed by atoms with Crippen LogP contribution in [0.1, 0.15) is 23.0 Å². The predicted octanol–water partition coefficient (Wildman–Crippen LogP) is 3.88. The number of carbonyl (C=O) groups excluding carboxylic acids is 1. The summed E-state index contributed by atoms with van der Waals surface area (Å²) in [4.78, 5) is 12.0. The second-order valence-corrected chi connectivity index (χ2v) is 6.95. The number of carbonyl (C=O) groups is 1. The molecule has 0 aliphatic heterocycles. The smallest absolute Gasteiger partial charge is 0.227 e. The average molecular weight is 386 g/mol. The molecular weight excluding hydrogens is 362 g/mol. The number of methoxy groups -OCH3 is 1. The number of nitrogens with two attached hydrogens (primary N) is 1. The van der Waals surface area contributed by atoms with Gasteiger partial charge in [-0.25, -0.2) is 0 Å². The van der Waals surface area contributed by atoms with Crippen molar-refractivity contribution in [2.75, 3.05) is 13.7 Å². The summed E-state index contributed by atoms with van der Waals surface area (Å²) in [5.41, 5.74) is 9.96. The highest BCUT2D eigenvalue weighted by Gasteiger charge is 2.15. The fourth-order valence-corrected chi connectivity index (χ4v) is 3.74. The molecule has 0 spiro atoms. The highest BCUT2D eigenvalue weighted by Crippen LogP contribution is 2.24. The molecule has 146 valence electrons. The maximum Gasteiger partial charge on any atom is 0.227 e. The van der Waals surface area contributed by atoms with Crippen molar-refractivity contribution < 1.29 is 14.1 Å². The second-order valence-electron chi connectivity index (χ2n) is 6.95. The lowest BCUT2D eigenvalue weighted by Crippen LogP contribution is -2.41. The number of nitrogens with zero attached hydrogens (tertiary/aromatic N) is 2. The Labute approximate surface area is 169 Å². The molecule has 0 saturated carbocycles. The average Bonchev–Trinajstić information content (AvgIpc) is 3.12. The van der Waals surface area contributed by atoms with Gasteiger partial charge in [-0.2, -0.15) is 4.57 Å². The van der Waals surface area contributed by atoms with Crippen LogP contribution in [0.15, 0.2) is 60.8 Å². The van der Waals surface area contributed by atoms with Crippen LogP contribution in [0, 0.1) is 0 Å². The third-order valence-corrected chi connectivity index (χ3v) is 5.14. The van der Waals surface area contributed by atoms with Crippen LogP contribution in [0.25, 0.3) is 34.0 Å². The Morgan fingerprint density at radius 3 is 2.72 bits per heavy atom. The van der Waals surface area contributed by atoms with Crippen molar-refractivity contribution in [2.24, 2.45) is 5.73 Å². The molecule has 0 saturated heterocycles.